The predicted molar refractivity (Wildman–Crippen MR) is 101 cm³/mol. The minimum atomic E-state index is -0.579. The molecule has 27 heavy (non-hydrogen) atoms. The molecule has 3 N–H and O–H groups in total. The summed E-state index contributed by atoms with van der Waals surface area (Å²) in [7, 11) is 0. The molecule has 142 valence electrons. The Bertz CT molecular complexity index is 885. The predicted octanol–water partition coefficient (Wildman–Crippen LogP) is 3.22. The average Bonchev–Trinajstić information content (AvgIpc) is 3.12. The Hall–Kier alpha value is -2.90. The zero-order valence-corrected chi connectivity index (χ0v) is 15.8. The van der Waals surface area contributed by atoms with Crippen LogP contribution in [0, 0.1) is 5.41 Å². The summed E-state index contributed by atoms with van der Waals surface area (Å²) in [6, 6.07) is 5.11. The Kier molecular flexibility index (Phi) is 3.94. The van der Waals surface area contributed by atoms with E-state index < -0.39 is 5.54 Å². The first kappa shape index (κ1) is 17.5. The van der Waals surface area contributed by atoms with E-state index in [9.17, 15) is 9.59 Å². The maximum atomic E-state index is 12.8. The summed E-state index contributed by atoms with van der Waals surface area (Å²) >= 11 is 0. The number of aromatic amines is 1. The number of fused-ring (bicyclic) bond motifs is 1. The van der Waals surface area contributed by atoms with E-state index in [1.54, 1.807) is 23.2 Å². The number of nitrogens with one attached hydrogen (secondary N) is 3. The molecule has 4 rings (SSSR count). The molecule has 0 radical (unpaired) electrons. The van der Waals surface area contributed by atoms with E-state index in [1.165, 1.54) is 0 Å². The van der Waals surface area contributed by atoms with Crippen molar-refractivity contribution in [2.45, 2.75) is 52.1 Å². The van der Waals surface area contributed by atoms with Gasteiger partial charge in [0.2, 0.25) is 5.91 Å². The van der Waals surface area contributed by atoms with E-state index in [-0.39, 0.29) is 17.4 Å². The van der Waals surface area contributed by atoms with Crippen molar-refractivity contribution in [2.24, 2.45) is 5.41 Å². The Morgan fingerprint density at radius 1 is 1.19 bits per heavy atom. The van der Waals surface area contributed by atoms with Crippen molar-refractivity contribution in [3.05, 3.63) is 35.7 Å². The lowest BCUT2D eigenvalue weighted by atomic mass is 9.70. The number of amides is 3. The quantitative estimate of drug-likeness (QED) is 0.774. The number of hydrogen-bond donors (Lipinski definition) is 3. The fraction of sp³-hybridized carbons (Fsp3) is 0.474. The van der Waals surface area contributed by atoms with E-state index in [2.05, 4.69) is 25.8 Å². The summed E-state index contributed by atoms with van der Waals surface area (Å²) in [5.74, 6) is 1.01. The van der Waals surface area contributed by atoms with Gasteiger partial charge in [-0.3, -0.25) is 15.2 Å². The molecule has 2 aliphatic rings. The van der Waals surface area contributed by atoms with E-state index >= 15 is 0 Å². The van der Waals surface area contributed by atoms with E-state index in [4.69, 9.17) is 0 Å². The number of anilines is 2. The molecule has 0 bridgehead atoms. The highest BCUT2D eigenvalue weighted by molar-refractivity contribution is 5.96. The third-order valence-electron chi connectivity index (χ3n) is 5.85. The highest BCUT2D eigenvalue weighted by atomic mass is 16.2. The van der Waals surface area contributed by atoms with Gasteiger partial charge in [0.15, 0.2) is 5.82 Å². The summed E-state index contributed by atoms with van der Waals surface area (Å²) in [5.41, 5.74) is 0.806. The Morgan fingerprint density at radius 3 is 2.59 bits per heavy atom. The zero-order valence-electron chi connectivity index (χ0n) is 15.8. The van der Waals surface area contributed by atoms with Crippen LogP contribution < -0.4 is 10.6 Å². The van der Waals surface area contributed by atoms with E-state index in [0.29, 0.717) is 18.2 Å². The summed E-state index contributed by atoms with van der Waals surface area (Å²) in [5, 5.41) is 13.1. The minimum Gasteiger partial charge on any atom is -0.309 e. The molecule has 0 unspecified atom stereocenters. The lowest BCUT2D eigenvalue weighted by molar-refractivity contribution is -0.128. The van der Waals surface area contributed by atoms with Crippen LogP contribution in [0.5, 0.6) is 0 Å². The summed E-state index contributed by atoms with van der Waals surface area (Å²) in [6.07, 6.45) is 4.51. The number of rotatable bonds is 3. The smallest absolute Gasteiger partial charge is 0.309 e. The van der Waals surface area contributed by atoms with Crippen LogP contribution in [0.1, 0.15) is 51.3 Å². The van der Waals surface area contributed by atoms with Gasteiger partial charge in [-0.05, 0) is 38.8 Å². The summed E-state index contributed by atoms with van der Waals surface area (Å²) in [6.45, 7) is 6.25. The summed E-state index contributed by atoms with van der Waals surface area (Å²) in [4.78, 5) is 31.2. The maximum absolute atomic E-state index is 12.8. The average molecular weight is 368 g/mol. The second-order valence-electron chi connectivity index (χ2n) is 8.08. The molecule has 8 nitrogen and oxygen atoms in total. The van der Waals surface area contributed by atoms with Crippen molar-refractivity contribution in [1.82, 2.24) is 20.1 Å². The standard InChI is InChI=1S/C19H24N6O2/c1-18(2)14-12(11-25(18)17(27)21-13-7-4-5-10-20-13)15(24-23-14)22-16(26)19(3)8-6-9-19/h4-5,7,10H,6,8-9,11H2,1-3H3,(H,20,21,27)(H2,22,23,24,26). The zero-order chi connectivity index (χ0) is 19.2. The molecule has 0 atom stereocenters. The molecular weight excluding hydrogens is 344 g/mol. The topological polar surface area (TPSA) is 103 Å². The van der Waals surface area contributed by atoms with Crippen LogP contribution in [0.3, 0.4) is 0 Å². The molecule has 1 aliphatic carbocycles. The fourth-order valence-electron chi connectivity index (χ4n) is 3.75. The van der Waals surface area contributed by atoms with Gasteiger partial charge in [-0.25, -0.2) is 9.78 Å². The molecule has 0 saturated heterocycles. The molecular formula is C19H24N6O2. The van der Waals surface area contributed by atoms with Gasteiger partial charge in [-0.1, -0.05) is 19.4 Å². The summed E-state index contributed by atoms with van der Waals surface area (Å²) < 4.78 is 0. The van der Waals surface area contributed by atoms with Gasteiger partial charge < -0.3 is 10.2 Å². The molecule has 2 aromatic rings. The number of nitrogens with zero attached hydrogens (tertiary/aromatic N) is 3. The molecule has 2 aromatic heterocycles. The normalized spacial score (nSPS) is 19.1. The number of carbonyl (C=O) groups is 2. The molecule has 8 heteroatoms. The van der Waals surface area contributed by atoms with Gasteiger partial charge in [-0.2, -0.15) is 5.10 Å². The van der Waals surface area contributed by atoms with Crippen LogP contribution in [0.15, 0.2) is 24.4 Å². The van der Waals surface area contributed by atoms with Crippen LogP contribution in [-0.2, 0) is 16.9 Å². The minimum absolute atomic E-state index is 0.00255. The van der Waals surface area contributed by atoms with Crippen LogP contribution in [0.4, 0.5) is 16.4 Å². The van der Waals surface area contributed by atoms with Crippen LogP contribution >= 0.6 is 0 Å². The Balaban J connectivity index is 1.53. The third-order valence-corrected chi connectivity index (χ3v) is 5.85. The van der Waals surface area contributed by atoms with Crippen molar-refractivity contribution in [3.63, 3.8) is 0 Å². The first-order valence-electron chi connectivity index (χ1n) is 9.20. The third kappa shape index (κ3) is 2.85. The van der Waals surface area contributed by atoms with Gasteiger partial charge in [-0.15, -0.1) is 0 Å². The Labute approximate surface area is 157 Å². The molecule has 0 aromatic carbocycles. The number of hydrogen-bond acceptors (Lipinski definition) is 4. The van der Waals surface area contributed by atoms with Crippen LogP contribution in [0.25, 0.3) is 0 Å². The van der Waals surface area contributed by atoms with Crippen molar-refractivity contribution >= 4 is 23.6 Å². The maximum Gasteiger partial charge on any atom is 0.324 e. The monoisotopic (exact) mass is 368 g/mol. The van der Waals surface area contributed by atoms with E-state index in [1.807, 2.05) is 26.8 Å². The highest BCUT2D eigenvalue weighted by Crippen LogP contribution is 2.43. The number of carbonyl (C=O) groups excluding carboxylic acids is 2. The van der Waals surface area contributed by atoms with Crippen LogP contribution in [0.2, 0.25) is 0 Å². The van der Waals surface area contributed by atoms with Gasteiger partial charge in [0.25, 0.3) is 0 Å². The van der Waals surface area contributed by atoms with Gasteiger partial charge in [0, 0.05) is 17.2 Å². The Morgan fingerprint density at radius 2 is 1.96 bits per heavy atom. The molecule has 3 amide bonds. The highest BCUT2D eigenvalue weighted by Gasteiger charge is 2.45. The van der Waals surface area contributed by atoms with Crippen LogP contribution in [-0.4, -0.2) is 32.0 Å². The SMILES string of the molecule is CC1(C(=O)Nc2n[nH]c3c2CN(C(=O)Nc2ccccn2)C3(C)C)CCC1. The first-order chi connectivity index (χ1) is 12.8. The molecule has 3 heterocycles. The lowest BCUT2D eigenvalue weighted by Gasteiger charge is -2.36. The van der Waals surface area contributed by atoms with Crippen molar-refractivity contribution in [3.8, 4) is 0 Å². The number of aromatic nitrogens is 3. The first-order valence-corrected chi connectivity index (χ1v) is 9.20. The number of pyridine rings is 1. The molecule has 1 aliphatic heterocycles. The molecule has 1 saturated carbocycles. The lowest BCUT2D eigenvalue weighted by Crippen LogP contribution is -2.43. The second kappa shape index (κ2) is 6.07. The number of H-pyrrole nitrogens is 1. The largest absolute Gasteiger partial charge is 0.324 e. The van der Waals surface area contributed by atoms with Gasteiger partial charge in [0.05, 0.1) is 17.8 Å². The van der Waals surface area contributed by atoms with Crippen molar-refractivity contribution in [1.29, 1.82) is 0 Å². The number of urea groups is 1. The van der Waals surface area contributed by atoms with Gasteiger partial charge >= 0.3 is 6.03 Å². The van der Waals surface area contributed by atoms with Crippen molar-refractivity contribution < 1.29 is 9.59 Å². The van der Waals surface area contributed by atoms with E-state index in [0.717, 1.165) is 30.5 Å². The fourth-order valence-corrected chi connectivity index (χ4v) is 3.75. The molecule has 1 fully saturated rings. The molecule has 0 spiro atoms. The van der Waals surface area contributed by atoms with Crippen molar-refractivity contribution in [2.75, 3.05) is 10.6 Å². The van der Waals surface area contributed by atoms with Gasteiger partial charge in [0.1, 0.15) is 5.82 Å². The second-order valence-corrected chi connectivity index (χ2v) is 8.08.